The number of aromatic nitrogens is 1. The van der Waals surface area contributed by atoms with Gasteiger partial charge in [-0.05, 0) is 77.7 Å². The number of pyridine rings is 1. The fourth-order valence-corrected chi connectivity index (χ4v) is 6.96. The van der Waals surface area contributed by atoms with E-state index in [2.05, 4.69) is 77.5 Å². The van der Waals surface area contributed by atoms with Gasteiger partial charge in [0.1, 0.15) is 17.6 Å². The van der Waals surface area contributed by atoms with E-state index in [0.29, 0.717) is 0 Å². The van der Waals surface area contributed by atoms with Crippen LogP contribution in [-0.4, -0.2) is 34.1 Å². The van der Waals surface area contributed by atoms with Crippen molar-refractivity contribution >= 4 is 32.4 Å². The Morgan fingerprint density at radius 1 is 0.946 bits per heavy atom. The first-order valence-electron chi connectivity index (χ1n) is 13.6. The largest absolute Gasteiger partial charge is 0.508 e. The summed E-state index contributed by atoms with van der Waals surface area (Å²) >= 11 is 0. The zero-order valence-corrected chi connectivity index (χ0v) is 21.2. The Morgan fingerprint density at radius 2 is 1.76 bits per heavy atom. The molecule has 1 N–H and O–H groups in total. The van der Waals surface area contributed by atoms with Crippen molar-refractivity contribution in [2.45, 2.75) is 38.3 Å². The zero-order valence-electron chi connectivity index (χ0n) is 21.2. The molecule has 4 heterocycles. The van der Waals surface area contributed by atoms with Crippen LogP contribution in [0, 0.1) is 11.8 Å². The molecule has 37 heavy (non-hydrogen) atoms. The van der Waals surface area contributed by atoms with Crippen LogP contribution in [0.15, 0.2) is 85.1 Å². The van der Waals surface area contributed by atoms with Crippen molar-refractivity contribution in [3.05, 3.63) is 90.6 Å². The van der Waals surface area contributed by atoms with E-state index < -0.39 is 0 Å². The van der Waals surface area contributed by atoms with Gasteiger partial charge in [0.2, 0.25) is 0 Å². The van der Waals surface area contributed by atoms with E-state index in [9.17, 15) is 5.11 Å². The molecule has 8 rings (SSSR count). The third-order valence-corrected chi connectivity index (χ3v) is 8.86. The second-order valence-corrected chi connectivity index (χ2v) is 10.8. The van der Waals surface area contributed by atoms with Crippen molar-refractivity contribution in [2.75, 3.05) is 13.1 Å². The van der Waals surface area contributed by atoms with E-state index >= 15 is 0 Å². The van der Waals surface area contributed by atoms with Crippen molar-refractivity contribution in [3.8, 4) is 11.5 Å². The standard InChI is InChI=1S/C33H32N2O2/c1-2-21-20-35-16-14-22(21)17-31(35)33(28-13-15-34-30-12-11-24(36)19-29(28)30)37-32-18-23-7-3-4-8-25(23)26-9-5-6-10-27(26)32/h3-13,15,18-19,21-22,31,33,36H,2,14,16-17,20H2,1H3/t21-,22-,31-,33-/m0/s1. The number of phenolic OH excluding ortho intramolecular Hbond substituents is 1. The number of nitrogens with zero attached hydrogens (tertiary/aromatic N) is 2. The van der Waals surface area contributed by atoms with Crippen LogP contribution in [-0.2, 0) is 0 Å². The van der Waals surface area contributed by atoms with Crippen LogP contribution in [0.1, 0.15) is 37.9 Å². The molecule has 1 aromatic heterocycles. The number of benzene rings is 4. The molecular weight excluding hydrogens is 456 g/mol. The van der Waals surface area contributed by atoms with Gasteiger partial charge in [-0.25, -0.2) is 0 Å². The molecule has 0 saturated carbocycles. The van der Waals surface area contributed by atoms with Gasteiger partial charge in [0.15, 0.2) is 0 Å². The maximum absolute atomic E-state index is 10.4. The summed E-state index contributed by atoms with van der Waals surface area (Å²) in [6.45, 7) is 4.59. The predicted octanol–water partition coefficient (Wildman–Crippen LogP) is 7.49. The van der Waals surface area contributed by atoms with E-state index in [1.165, 1.54) is 29.0 Å². The molecule has 0 aliphatic carbocycles. The topological polar surface area (TPSA) is 45.6 Å². The molecule has 3 saturated heterocycles. The third kappa shape index (κ3) is 3.82. The normalized spacial score (nSPS) is 24.0. The predicted molar refractivity (Wildman–Crippen MR) is 150 cm³/mol. The Kier molecular flexibility index (Phi) is 5.51. The lowest BCUT2D eigenvalue weighted by atomic mass is 9.72. The number of fused-ring (bicyclic) bond motifs is 7. The smallest absolute Gasteiger partial charge is 0.140 e. The van der Waals surface area contributed by atoms with Gasteiger partial charge in [-0.3, -0.25) is 9.88 Å². The Hall–Kier alpha value is -3.63. The molecule has 0 amide bonds. The first kappa shape index (κ1) is 22.6. The van der Waals surface area contributed by atoms with Crippen molar-refractivity contribution in [2.24, 2.45) is 11.8 Å². The van der Waals surface area contributed by atoms with Gasteiger partial charge in [0.25, 0.3) is 0 Å². The third-order valence-electron chi connectivity index (χ3n) is 8.86. The fraction of sp³-hybridized carbons (Fsp3) is 0.303. The van der Waals surface area contributed by atoms with Crippen LogP contribution >= 0.6 is 0 Å². The number of phenols is 1. The van der Waals surface area contributed by atoms with Crippen LogP contribution in [0.5, 0.6) is 11.5 Å². The summed E-state index contributed by atoms with van der Waals surface area (Å²) < 4.78 is 7.18. The van der Waals surface area contributed by atoms with Crippen molar-refractivity contribution < 1.29 is 9.84 Å². The second kappa shape index (κ2) is 9.04. The number of rotatable bonds is 5. The van der Waals surface area contributed by atoms with E-state index in [-0.39, 0.29) is 17.9 Å². The number of aromatic hydroxyl groups is 1. The Bertz CT molecular complexity index is 1610. The molecule has 186 valence electrons. The zero-order chi connectivity index (χ0) is 24.9. The minimum absolute atomic E-state index is 0.169. The van der Waals surface area contributed by atoms with Crippen LogP contribution in [0.2, 0.25) is 0 Å². The lowest BCUT2D eigenvalue weighted by Gasteiger charge is -2.52. The number of hydrogen-bond donors (Lipinski definition) is 1. The van der Waals surface area contributed by atoms with Crippen LogP contribution in [0.25, 0.3) is 32.4 Å². The maximum Gasteiger partial charge on any atom is 0.140 e. The molecular formula is C33H32N2O2. The van der Waals surface area contributed by atoms with Gasteiger partial charge in [-0.15, -0.1) is 0 Å². The highest BCUT2D eigenvalue weighted by Gasteiger charge is 2.44. The summed E-state index contributed by atoms with van der Waals surface area (Å²) in [7, 11) is 0. The minimum Gasteiger partial charge on any atom is -0.508 e. The fourth-order valence-electron chi connectivity index (χ4n) is 6.96. The molecule has 5 aromatic rings. The van der Waals surface area contributed by atoms with Crippen LogP contribution in [0.3, 0.4) is 0 Å². The van der Waals surface area contributed by atoms with E-state index in [0.717, 1.165) is 58.9 Å². The quantitative estimate of drug-likeness (QED) is 0.260. The van der Waals surface area contributed by atoms with Gasteiger partial charge in [-0.1, -0.05) is 61.9 Å². The molecule has 0 spiro atoms. The van der Waals surface area contributed by atoms with Crippen LogP contribution in [0.4, 0.5) is 0 Å². The summed E-state index contributed by atoms with van der Waals surface area (Å²) in [5.41, 5.74) is 1.98. The maximum atomic E-state index is 10.4. The highest BCUT2D eigenvalue weighted by Crippen LogP contribution is 2.45. The first-order chi connectivity index (χ1) is 18.2. The molecule has 2 bridgehead atoms. The van der Waals surface area contributed by atoms with Crippen molar-refractivity contribution in [1.82, 2.24) is 9.88 Å². The minimum atomic E-state index is -0.169. The lowest BCUT2D eigenvalue weighted by molar-refractivity contribution is -0.0480. The molecule has 0 radical (unpaired) electrons. The van der Waals surface area contributed by atoms with Gasteiger partial charge in [0, 0.05) is 29.1 Å². The molecule has 5 atom stereocenters. The van der Waals surface area contributed by atoms with Crippen molar-refractivity contribution in [3.63, 3.8) is 0 Å². The Labute approximate surface area is 217 Å². The summed E-state index contributed by atoms with van der Waals surface area (Å²) in [6.07, 6.45) is 5.36. The highest BCUT2D eigenvalue weighted by atomic mass is 16.5. The second-order valence-electron chi connectivity index (χ2n) is 10.8. The Balaban J connectivity index is 1.41. The van der Waals surface area contributed by atoms with E-state index in [1.807, 2.05) is 18.3 Å². The van der Waals surface area contributed by atoms with Gasteiger partial charge in [-0.2, -0.15) is 0 Å². The van der Waals surface area contributed by atoms with Gasteiger partial charge < -0.3 is 9.84 Å². The number of ether oxygens (including phenoxy) is 1. The Morgan fingerprint density at radius 3 is 2.57 bits per heavy atom. The monoisotopic (exact) mass is 488 g/mol. The summed E-state index contributed by atoms with van der Waals surface area (Å²) in [5, 5.41) is 16.1. The number of piperidine rings is 3. The summed E-state index contributed by atoms with van der Waals surface area (Å²) in [6, 6.07) is 27.1. The lowest BCUT2D eigenvalue weighted by Crippen LogP contribution is -2.56. The number of hydrogen-bond acceptors (Lipinski definition) is 4. The first-order valence-corrected chi connectivity index (χ1v) is 13.6. The average Bonchev–Trinajstić information content (AvgIpc) is 2.96. The molecule has 3 aliphatic rings. The average molecular weight is 489 g/mol. The van der Waals surface area contributed by atoms with E-state index in [1.54, 1.807) is 6.07 Å². The molecule has 4 nitrogen and oxygen atoms in total. The molecule has 3 aliphatic heterocycles. The van der Waals surface area contributed by atoms with E-state index in [4.69, 9.17) is 4.74 Å². The summed E-state index contributed by atoms with van der Waals surface area (Å²) in [5.74, 6) is 2.68. The molecule has 3 fully saturated rings. The SMILES string of the molecule is CC[C@H]1CN2CC[C@H]1C[C@H]2[C@@H](Oc1cc2ccccc2c2ccccc12)c1ccnc2ccc(O)cc12. The molecule has 4 heteroatoms. The highest BCUT2D eigenvalue weighted by molar-refractivity contribution is 6.10. The van der Waals surface area contributed by atoms with Crippen molar-refractivity contribution in [1.29, 1.82) is 0 Å². The van der Waals surface area contributed by atoms with Gasteiger partial charge in [0.05, 0.1) is 11.6 Å². The van der Waals surface area contributed by atoms with Crippen LogP contribution < -0.4 is 4.74 Å². The summed E-state index contributed by atoms with van der Waals surface area (Å²) in [4.78, 5) is 7.27. The van der Waals surface area contributed by atoms with Gasteiger partial charge >= 0.3 is 0 Å². The molecule has 1 unspecified atom stereocenters. The molecule has 4 aromatic carbocycles.